The van der Waals surface area contributed by atoms with E-state index >= 15 is 0 Å². The molecule has 0 fully saturated rings. The van der Waals surface area contributed by atoms with Gasteiger partial charge in [-0.1, -0.05) is 50.1 Å². The number of rotatable bonds is 4. The number of amides is 2. The van der Waals surface area contributed by atoms with Crippen molar-refractivity contribution in [2.24, 2.45) is 0 Å². The van der Waals surface area contributed by atoms with Crippen molar-refractivity contribution in [2.75, 3.05) is 16.8 Å². The molecule has 2 aromatic rings. The normalized spacial score (nSPS) is 20.9. The second-order valence-corrected chi connectivity index (χ2v) is 6.56. The Kier molecular flexibility index (Phi) is 3.71. The summed E-state index contributed by atoms with van der Waals surface area (Å²) in [5.41, 5.74) is 1.71. The molecule has 2 N–H and O–H groups in total. The number of anilines is 2. The lowest BCUT2D eigenvalue weighted by atomic mass is 9.96. The molecule has 0 radical (unpaired) electrons. The Labute approximate surface area is 147 Å². The van der Waals surface area contributed by atoms with Crippen LogP contribution in [0.15, 0.2) is 48.5 Å². The van der Waals surface area contributed by atoms with Gasteiger partial charge in [-0.15, -0.1) is 0 Å². The van der Waals surface area contributed by atoms with Gasteiger partial charge in [0.25, 0.3) is 11.8 Å². The zero-order chi connectivity index (χ0) is 17.4. The Morgan fingerprint density at radius 3 is 2.56 bits per heavy atom. The summed E-state index contributed by atoms with van der Waals surface area (Å²) in [6, 6.07) is 15.0. The molecule has 0 bridgehead atoms. The minimum atomic E-state index is -1.21. The number of fused-ring (bicyclic) bond motifs is 3. The molecule has 5 nitrogen and oxygen atoms in total. The zero-order valence-electron chi connectivity index (χ0n) is 14.2. The van der Waals surface area contributed by atoms with Gasteiger partial charge in [0.2, 0.25) is 5.66 Å². The van der Waals surface area contributed by atoms with E-state index in [0.717, 1.165) is 30.5 Å². The molecule has 1 atom stereocenters. The van der Waals surface area contributed by atoms with Crippen molar-refractivity contribution >= 4 is 23.2 Å². The predicted octanol–water partition coefficient (Wildman–Crippen LogP) is 3.23. The fourth-order valence-corrected chi connectivity index (χ4v) is 3.70. The number of benzene rings is 2. The van der Waals surface area contributed by atoms with E-state index in [0.29, 0.717) is 17.8 Å². The molecule has 25 heavy (non-hydrogen) atoms. The van der Waals surface area contributed by atoms with Crippen LogP contribution in [0.5, 0.6) is 0 Å². The van der Waals surface area contributed by atoms with Crippen molar-refractivity contribution < 1.29 is 9.59 Å². The van der Waals surface area contributed by atoms with Crippen molar-refractivity contribution in [2.45, 2.75) is 31.8 Å². The monoisotopic (exact) mass is 335 g/mol. The van der Waals surface area contributed by atoms with Crippen molar-refractivity contribution in [3.63, 3.8) is 0 Å². The average molecular weight is 335 g/mol. The first-order valence-electron chi connectivity index (χ1n) is 8.78. The maximum Gasteiger partial charge on any atom is 0.278 e. The van der Waals surface area contributed by atoms with Crippen molar-refractivity contribution in [3.05, 3.63) is 59.7 Å². The highest BCUT2D eigenvalue weighted by Crippen LogP contribution is 2.43. The van der Waals surface area contributed by atoms with Gasteiger partial charge in [0.05, 0.1) is 11.3 Å². The molecule has 128 valence electrons. The number of carbonyl (C=O) groups excluding carboxylic acids is 2. The molecule has 2 aliphatic heterocycles. The first kappa shape index (κ1) is 15.7. The summed E-state index contributed by atoms with van der Waals surface area (Å²) in [6.45, 7) is 2.80. The Hall–Kier alpha value is -2.82. The fraction of sp³-hybridized carbons (Fsp3) is 0.300. The minimum absolute atomic E-state index is 0.118. The van der Waals surface area contributed by atoms with Crippen LogP contribution in [0.4, 0.5) is 11.4 Å². The lowest BCUT2D eigenvalue weighted by molar-refractivity contribution is -0.123. The van der Waals surface area contributed by atoms with Crippen LogP contribution in [0, 0.1) is 0 Å². The predicted molar refractivity (Wildman–Crippen MR) is 97.5 cm³/mol. The van der Waals surface area contributed by atoms with Crippen LogP contribution in [0.25, 0.3) is 0 Å². The van der Waals surface area contributed by atoms with Crippen molar-refractivity contribution in [1.82, 2.24) is 5.32 Å². The van der Waals surface area contributed by atoms with E-state index in [-0.39, 0.29) is 11.8 Å². The summed E-state index contributed by atoms with van der Waals surface area (Å²) in [4.78, 5) is 27.8. The molecule has 4 rings (SSSR count). The fourth-order valence-electron chi connectivity index (χ4n) is 3.70. The summed E-state index contributed by atoms with van der Waals surface area (Å²) in [5, 5.41) is 6.24. The average Bonchev–Trinajstić information content (AvgIpc) is 2.85. The van der Waals surface area contributed by atoms with Gasteiger partial charge in [-0.3, -0.25) is 9.59 Å². The van der Waals surface area contributed by atoms with E-state index in [1.165, 1.54) is 0 Å². The van der Waals surface area contributed by atoms with Gasteiger partial charge in [0, 0.05) is 17.8 Å². The Morgan fingerprint density at radius 1 is 0.960 bits per heavy atom. The molecule has 0 unspecified atom stereocenters. The summed E-state index contributed by atoms with van der Waals surface area (Å²) in [6.07, 6.45) is 3.11. The lowest BCUT2D eigenvalue weighted by Crippen LogP contribution is -2.60. The number of hydrogen-bond acceptors (Lipinski definition) is 3. The van der Waals surface area contributed by atoms with Gasteiger partial charge in [0.1, 0.15) is 0 Å². The maximum absolute atomic E-state index is 13.3. The van der Waals surface area contributed by atoms with E-state index in [4.69, 9.17) is 0 Å². The quantitative estimate of drug-likeness (QED) is 0.843. The molecule has 2 heterocycles. The van der Waals surface area contributed by atoms with Crippen LogP contribution >= 0.6 is 0 Å². The second kappa shape index (κ2) is 5.92. The summed E-state index contributed by atoms with van der Waals surface area (Å²) in [7, 11) is 0. The van der Waals surface area contributed by atoms with Gasteiger partial charge in [-0.05, 0) is 24.6 Å². The molecule has 2 amide bonds. The highest BCUT2D eigenvalue weighted by molar-refractivity contribution is 6.15. The van der Waals surface area contributed by atoms with Gasteiger partial charge in [0.15, 0.2) is 0 Å². The van der Waals surface area contributed by atoms with Crippen LogP contribution in [0.1, 0.15) is 42.1 Å². The standard InChI is InChI=1S/C20H21N3O2/c1-2-3-8-13-23-17-12-7-5-10-15(17)20(19(23)25)21-16-11-6-4-9-14(16)18(24)22-20/h4-7,9-12,21H,2-3,8,13H2,1H3,(H,22,24)/t20-/m0/s1. The van der Waals surface area contributed by atoms with Gasteiger partial charge in [-0.25, -0.2) is 0 Å². The van der Waals surface area contributed by atoms with Crippen molar-refractivity contribution in [1.29, 1.82) is 0 Å². The maximum atomic E-state index is 13.3. The highest BCUT2D eigenvalue weighted by Gasteiger charge is 2.54. The number of para-hydroxylation sites is 2. The third kappa shape index (κ3) is 2.30. The molecule has 0 aromatic heterocycles. The van der Waals surface area contributed by atoms with E-state index < -0.39 is 5.66 Å². The van der Waals surface area contributed by atoms with E-state index in [1.54, 1.807) is 11.0 Å². The van der Waals surface area contributed by atoms with E-state index in [2.05, 4.69) is 17.6 Å². The molecule has 5 heteroatoms. The summed E-state index contributed by atoms with van der Waals surface area (Å²) >= 11 is 0. The minimum Gasteiger partial charge on any atom is -0.350 e. The summed E-state index contributed by atoms with van der Waals surface area (Å²) < 4.78 is 0. The highest BCUT2D eigenvalue weighted by atomic mass is 16.2. The van der Waals surface area contributed by atoms with Gasteiger partial charge >= 0.3 is 0 Å². The number of unbranched alkanes of at least 4 members (excludes halogenated alkanes) is 2. The molecule has 0 saturated carbocycles. The first-order chi connectivity index (χ1) is 12.2. The Balaban J connectivity index is 1.78. The number of hydrogen-bond donors (Lipinski definition) is 2. The van der Waals surface area contributed by atoms with E-state index in [1.807, 2.05) is 42.5 Å². The van der Waals surface area contributed by atoms with Crippen LogP contribution in [-0.2, 0) is 10.5 Å². The third-order valence-electron chi connectivity index (χ3n) is 4.94. The lowest BCUT2D eigenvalue weighted by Gasteiger charge is -2.36. The second-order valence-electron chi connectivity index (χ2n) is 6.56. The molecular weight excluding hydrogens is 314 g/mol. The largest absolute Gasteiger partial charge is 0.350 e. The summed E-state index contributed by atoms with van der Waals surface area (Å²) in [5.74, 6) is -0.347. The number of carbonyl (C=O) groups is 2. The van der Waals surface area contributed by atoms with Gasteiger partial charge in [-0.2, -0.15) is 0 Å². The molecule has 2 aromatic carbocycles. The Morgan fingerprint density at radius 2 is 1.72 bits per heavy atom. The smallest absolute Gasteiger partial charge is 0.278 e. The first-order valence-corrected chi connectivity index (χ1v) is 8.78. The van der Waals surface area contributed by atoms with E-state index in [9.17, 15) is 9.59 Å². The van der Waals surface area contributed by atoms with Crippen LogP contribution < -0.4 is 15.5 Å². The molecule has 0 saturated heterocycles. The van der Waals surface area contributed by atoms with Crippen LogP contribution in [0.3, 0.4) is 0 Å². The number of nitrogens with one attached hydrogen (secondary N) is 2. The topological polar surface area (TPSA) is 61.4 Å². The van der Waals surface area contributed by atoms with Gasteiger partial charge < -0.3 is 15.5 Å². The van der Waals surface area contributed by atoms with Crippen LogP contribution in [-0.4, -0.2) is 18.4 Å². The van der Waals surface area contributed by atoms with Crippen molar-refractivity contribution in [3.8, 4) is 0 Å². The molecule has 2 aliphatic rings. The molecule has 0 aliphatic carbocycles. The molecular formula is C20H21N3O2. The SMILES string of the molecule is CCCCCN1C(=O)[C@@]2(NC(=O)c3ccccc3N2)c2ccccc21. The number of nitrogens with zero attached hydrogens (tertiary/aromatic N) is 1. The molecule has 1 spiro atoms. The van der Waals surface area contributed by atoms with Crippen LogP contribution in [0.2, 0.25) is 0 Å². The zero-order valence-corrected chi connectivity index (χ0v) is 14.2. The Bertz CT molecular complexity index is 848. The third-order valence-corrected chi connectivity index (χ3v) is 4.94.